The molecule has 92 valence electrons. The average Bonchev–Trinajstić information content (AvgIpc) is 2.52. The second kappa shape index (κ2) is 6.03. The SMILES string of the molecule is Cc1cn(CCS(C)=O)c(NCC(C)C)n1. The zero-order valence-corrected chi connectivity index (χ0v) is 11.3. The van der Waals surface area contributed by atoms with Gasteiger partial charge in [-0.15, -0.1) is 0 Å². The Balaban J connectivity index is 2.63. The lowest BCUT2D eigenvalue weighted by atomic mass is 10.2. The van der Waals surface area contributed by atoms with Gasteiger partial charge in [0.15, 0.2) is 0 Å². The molecule has 0 aliphatic heterocycles. The first-order valence-electron chi connectivity index (χ1n) is 5.56. The lowest BCUT2D eigenvalue weighted by Gasteiger charge is -2.10. The van der Waals surface area contributed by atoms with Crippen LogP contribution in [-0.2, 0) is 17.3 Å². The number of aromatic nitrogens is 2. The van der Waals surface area contributed by atoms with Gasteiger partial charge in [-0.3, -0.25) is 4.21 Å². The number of imidazole rings is 1. The molecule has 0 aliphatic rings. The van der Waals surface area contributed by atoms with E-state index in [-0.39, 0.29) is 0 Å². The molecule has 0 aromatic carbocycles. The van der Waals surface area contributed by atoms with Gasteiger partial charge in [-0.25, -0.2) is 4.98 Å². The summed E-state index contributed by atoms with van der Waals surface area (Å²) in [6.45, 7) is 7.96. The van der Waals surface area contributed by atoms with Gasteiger partial charge in [0.1, 0.15) is 0 Å². The van der Waals surface area contributed by atoms with Crippen LogP contribution < -0.4 is 5.32 Å². The Labute approximate surface area is 99.9 Å². The topological polar surface area (TPSA) is 46.9 Å². The highest BCUT2D eigenvalue weighted by atomic mass is 32.2. The van der Waals surface area contributed by atoms with E-state index in [4.69, 9.17) is 0 Å². The van der Waals surface area contributed by atoms with Crippen LogP contribution in [0.5, 0.6) is 0 Å². The van der Waals surface area contributed by atoms with Crippen LogP contribution in [0.2, 0.25) is 0 Å². The Morgan fingerprint density at radius 3 is 2.81 bits per heavy atom. The van der Waals surface area contributed by atoms with Gasteiger partial charge in [0.05, 0.1) is 5.69 Å². The number of nitrogens with one attached hydrogen (secondary N) is 1. The van der Waals surface area contributed by atoms with Crippen molar-refractivity contribution in [3.63, 3.8) is 0 Å². The molecule has 4 nitrogen and oxygen atoms in total. The molecule has 1 heterocycles. The molecule has 0 saturated heterocycles. The summed E-state index contributed by atoms with van der Waals surface area (Å²) < 4.78 is 13.1. The Hall–Kier alpha value is -0.840. The van der Waals surface area contributed by atoms with Gasteiger partial charge >= 0.3 is 0 Å². The van der Waals surface area contributed by atoms with Crippen molar-refractivity contribution >= 4 is 16.7 Å². The maximum Gasteiger partial charge on any atom is 0.203 e. The number of hydrogen-bond acceptors (Lipinski definition) is 3. The molecule has 0 radical (unpaired) electrons. The number of rotatable bonds is 6. The van der Waals surface area contributed by atoms with Crippen LogP contribution in [0.3, 0.4) is 0 Å². The number of hydrogen-bond donors (Lipinski definition) is 1. The number of nitrogens with zero attached hydrogens (tertiary/aromatic N) is 2. The second-order valence-corrected chi connectivity index (χ2v) is 6.01. The van der Waals surface area contributed by atoms with E-state index in [1.165, 1.54) is 0 Å². The van der Waals surface area contributed by atoms with Gasteiger partial charge in [-0.2, -0.15) is 0 Å². The summed E-state index contributed by atoms with van der Waals surface area (Å²) in [5.41, 5.74) is 0.994. The fraction of sp³-hybridized carbons (Fsp3) is 0.727. The standard InChI is InChI=1S/C11H21N3OS/c1-9(2)7-12-11-13-10(3)8-14(11)5-6-16(4)15/h8-9H,5-7H2,1-4H3,(H,12,13). The van der Waals surface area contributed by atoms with Crippen molar-refractivity contribution in [2.24, 2.45) is 5.92 Å². The third kappa shape index (κ3) is 4.35. The van der Waals surface area contributed by atoms with Crippen molar-refractivity contribution in [3.8, 4) is 0 Å². The molecule has 5 heteroatoms. The van der Waals surface area contributed by atoms with Crippen LogP contribution in [0.15, 0.2) is 6.20 Å². The average molecular weight is 243 g/mol. The molecule has 1 aromatic heterocycles. The van der Waals surface area contributed by atoms with E-state index in [0.29, 0.717) is 11.7 Å². The molecule has 1 unspecified atom stereocenters. The normalized spacial score (nSPS) is 13.1. The number of anilines is 1. The van der Waals surface area contributed by atoms with Crippen molar-refractivity contribution < 1.29 is 4.21 Å². The van der Waals surface area contributed by atoms with Gasteiger partial charge in [-0.1, -0.05) is 13.8 Å². The zero-order valence-electron chi connectivity index (χ0n) is 10.5. The van der Waals surface area contributed by atoms with E-state index in [1.807, 2.05) is 17.7 Å². The molecule has 16 heavy (non-hydrogen) atoms. The predicted molar refractivity (Wildman–Crippen MR) is 69.2 cm³/mol. The highest BCUT2D eigenvalue weighted by Gasteiger charge is 2.06. The summed E-state index contributed by atoms with van der Waals surface area (Å²) in [5.74, 6) is 2.15. The molecular formula is C11H21N3OS. The summed E-state index contributed by atoms with van der Waals surface area (Å²) in [6.07, 6.45) is 3.72. The molecular weight excluding hydrogens is 222 g/mol. The Kier molecular flexibility index (Phi) is 4.99. The maximum absolute atomic E-state index is 11.1. The molecule has 1 aromatic rings. The summed E-state index contributed by atoms with van der Waals surface area (Å²) in [5, 5.41) is 3.31. The molecule has 1 rings (SSSR count). The van der Waals surface area contributed by atoms with Crippen LogP contribution in [0.1, 0.15) is 19.5 Å². The lowest BCUT2D eigenvalue weighted by molar-refractivity contribution is 0.666. The molecule has 0 saturated carbocycles. The van der Waals surface area contributed by atoms with Crippen molar-refractivity contribution in [1.82, 2.24) is 9.55 Å². The van der Waals surface area contributed by atoms with Gasteiger partial charge in [-0.05, 0) is 12.8 Å². The maximum atomic E-state index is 11.1. The molecule has 0 aliphatic carbocycles. The summed E-state index contributed by atoms with van der Waals surface area (Å²) >= 11 is 0. The van der Waals surface area contributed by atoms with E-state index >= 15 is 0 Å². The van der Waals surface area contributed by atoms with Crippen molar-refractivity contribution in [3.05, 3.63) is 11.9 Å². The first-order chi connectivity index (χ1) is 7.49. The van der Waals surface area contributed by atoms with Crippen LogP contribution in [-0.4, -0.2) is 32.3 Å². The first kappa shape index (κ1) is 13.2. The summed E-state index contributed by atoms with van der Waals surface area (Å²) in [6, 6.07) is 0. The summed E-state index contributed by atoms with van der Waals surface area (Å²) in [7, 11) is -0.754. The molecule has 0 amide bonds. The smallest absolute Gasteiger partial charge is 0.203 e. The Morgan fingerprint density at radius 2 is 2.25 bits per heavy atom. The van der Waals surface area contributed by atoms with E-state index in [0.717, 1.165) is 24.7 Å². The van der Waals surface area contributed by atoms with Crippen LogP contribution in [0.4, 0.5) is 5.95 Å². The van der Waals surface area contributed by atoms with Crippen LogP contribution in [0.25, 0.3) is 0 Å². The van der Waals surface area contributed by atoms with E-state index in [2.05, 4.69) is 24.1 Å². The van der Waals surface area contributed by atoms with E-state index in [1.54, 1.807) is 6.26 Å². The van der Waals surface area contributed by atoms with Crippen LogP contribution in [0, 0.1) is 12.8 Å². The molecule has 0 fully saturated rings. The molecule has 1 atom stereocenters. The van der Waals surface area contributed by atoms with Crippen LogP contribution >= 0.6 is 0 Å². The quantitative estimate of drug-likeness (QED) is 0.826. The minimum atomic E-state index is -0.754. The lowest BCUT2D eigenvalue weighted by Crippen LogP contribution is -2.14. The Bertz CT molecular complexity index is 360. The fourth-order valence-corrected chi connectivity index (χ4v) is 1.83. The fourth-order valence-electron chi connectivity index (χ4n) is 1.38. The highest BCUT2D eigenvalue weighted by molar-refractivity contribution is 7.84. The molecule has 0 spiro atoms. The monoisotopic (exact) mass is 243 g/mol. The first-order valence-corrected chi connectivity index (χ1v) is 7.29. The van der Waals surface area contributed by atoms with Crippen molar-refractivity contribution in [2.45, 2.75) is 27.3 Å². The van der Waals surface area contributed by atoms with Gasteiger partial charge in [0.25, 0.3) is 0 Å². The molecule has 1 N–H and O–H groups in total. The van der Waals surface area contributed by atoms with Gasteiger partial charge in [0.2, 0.25) is 5.95 Å². The van der Waals surface area contributed by atoms with E-state index < -0.39 is 10.8 Å². The minimum Gasteiger partial charge on any atom is -0.355 e. The largest absolute Gasteiger partial charge is 0.355 e. The van der Waals surface area contributed by atoms with Gasteiger partial charge < -0.3 is 9.88 Å². The highest BCUT2D eigenvalue weighted by Crippen LogP contribution is 2.09. The van der Waals surface area contributed by atoms with Crippen molar-refractivity contribution in [2.75, 3.05) is 23.9 Å². The number of aryl methyl sites for hydroxylation is 2. The Morgan fingerprint density at radius 1 is 1.56 bits per heavy atom. The second-order valence-electron chi connectivity index (χ2n) is 4.45. The molecule has 0 bridgehead atoms. The summed E-state index contributed by atoms with van der Waals surface area (Å²) in [4.78, 5) is 4.41. The predicted octanol–water partition coefficient (Wildman–Crippen LogP) is 1.64. The third-order valence-electron chi connectivity index (χ3n) is 2.19. The zero-order chi connectivity index (χ0) is 12.1. The third-order valence-corrected chi connectivity index (χ3v) is 2.94. The van der Waals surface area contributed by atoms with E-state index in [9.17, 15) is 4.21 Å². The minimum absolute atomic E-state index is 0.589. The van der Waals surface area contributed by atoms with Crippen molar-refractivity contribution in [1.29, 1.82) is 0 Å². The van der Waals surface area contributed by atoms with Gasteiger partial charge in [0, 0.05) is 42.1 Å².